The molecule has 0 bridgehead atoms. The fourth-order valence-corrected chi connectivity index (χ4v) is 1.98. The van der Waals surface area contributed by atoms with E-state index in [1.807, 2.05) is 0 Å². The van der Waals surface area contributed by atoms with Crippen LogP contribution in [0.1, 0.15) is 24.3 Å². The zero-order valence-corrected chi connectivity index (χ0v) is 12.1. The maximum absolute atomic E-state index is 12.8. The Labute approximate surface area is 129 Å². The molecule has 0 radical (unpaired) electrons. The molecular formula is C14H12ClF2N3O2. The van der Waals surface area contributed by atoms with E-state index < -0.39 is 11.3 Å². The Balaban J connectivity index is 1.65. The van der Waals surface area contributed by atoms with Gasteiger partial charge >= 0.3 is 11.3 Å². The molecule has 1 aliphatic carbocycles. The minimum atomic E-state index is -3.68. The minimum Gasteiger partial charge on any atom is -0.352 e. The summed E-state index contributed by atoms with van der Waals surface area (Å²) in [6.07, 6.45) is 1.91. The fraction of sp³-hybridized carbons (Fsp3) is 0.357. The molecule has 1 saturated carbocycles. The van der Waals surface area contributed by atoms with E-state index in [4.69, 9.17) is 11.6 Å². The quantitative estimate of drug-likeness (QED) is 0.857. The van der Waals surface area contributed by atoms with E-state index in [1.165, 1.54) is 0 Å². The smallest absolute Gasteiger partial charge is 0.352 e. The second-order valence-corrected chi connectivity index (χ2v) is 5.58. The van der Waals surface area contributed by atoms with E-state index in [1.54, 1.807) is 24.3 Å². The van der Waals surface area contributed by atoms with Gasteiger partial charge in [-0.3, -0.25) is 4.79 Å². The lowest BCUT2D eigenvalue weighted by Crippen LogP contribution is -2.24. The molecule has 1 fully saturated rings. The summed E-state index contributed by atoms with van der Waals surface area (Å²) in [5, 5.41) is 2.62. The molecule has 2 aromatic rings. The van der Waals surface area contributed by atoms with E-state index >= 15 is 0 Å². The molecule has 1 aromatic carbocycles. The molecule has 0 unspecified atom stereocenters. The molecule has 8 heteroatoms. The van der Waals surface area contributed by atoms with Crippen LogP contribution in [0.5, 0.6) is 0 Å². The van der Waals surface area contributed by atoms with Crippen molar-refractivity contribution in [3.63, 3.8) is 0 Å². The van der Waals surface area contributed by atoms with E-state index in [0.29, 0.717) is 12.1 Å². The highest BCUT2D eigenvalue weighted by molar-refractivity contribution is 6.21. The normalized spacial score (nSPS) is 14.9. The second kappa shape index (κ2) is 5.64. The zero-order chi connectivity index (χ0) is 15.7. The third kappa shape index (κ3) is 3.41. The minimum absolute atomic E-state index is 0.0314. The van der Waals surface area contributed by atoms with Crippen LogP contribution in [-0.2, 0) is 16.7 Å². The van der Waals surface area contributed by atoms with Crippen molar-refractivity contribution in [3.8, 4) is 11.4 Å². The van der Waals surface area contributed by atoms with Crippen molar-refractivity contribution in [1.82, 2.24) is 15.5 Å². The first-order valence-corrected chi connectivity index (χ1v) is 7.09. The molecule has 0 saturated heterocycles. The predicted molar refractivity (Wildman–Crippen MR) is 74.1 cm³/mol. The molecule has 22 heavy (non-hydrogen) atoms. The summed E-state index contributed by atoms with van der Waals surface area (Å²) in [6, 6.07) is 6.86. The number of carbonyl (C=O) groups is 1. The Morgan fingerprint density at radius 1 is 1.36 bits per heavy atom. The molecule has 1 heterocycles. The number of nitrogens with zero attached hydrogens (tertiary/aromatic N) is 2. The topological polar surface area (TPSA) is 68.0 Å². The van der Waals surface area contributed by atoms with Crippen molar-refractivity contribution in [3.05, 3.63) is 35.7 Å². The molecule has 1 amide bonds. The Morgan fingerprint density at radius 2 is 2.05 bits per heavy atom. The van der Waals surface area contributed by atoms with Gasteiger partial charge in [0, 0.05) is 18.0 Å². The average Bonchev–Trinajstić information content (AvgIpc) is 3.21. The van der Waals surface area contributed by atoms with Crippen LogP contribution in [0.4, 0.5) is 8.78 Å². The van der Waals surface area contributed by atoms with Gasteiger partial charge in [0.2, 0.25) is 11.7 Å². The predicted octanol–water partition coefficient (Wildman–Crippen LogP) is 3.05. The highest BCUT2D eigenvalue weighted by Crippen LogP contribution is 2.32. The Morgan fingerprint density at radius 3 is 2.59 bits per heavy atom. The van der Waals surface area contributed by atoms with Gasteiger partial charge in [0.15, 0.2) is 0 Å². The zero-order valence-electron chi connectivity index (χ0n) is 11.4. The maximum atomic E-state index is 12.8. The third-order valence-electron chi connectivity index (χ3n) is 3.30. The highest BCUT2D eigenvalue weighted by Gasteiger charge is 2.35. The van der Waals surface area contributed by atoms with Crippen molar-refractivity contribution in [1.29, 1.82) is 0 Å². The second-order valence-electron chi connectivity index (χ2n) is 5.11. The first-order chi connectivity index (χ1) is 10.4. The summed E-state index contributed by atoms with van der Waals surface area (Å²) >= 11 is 4.82. The molecule has 5 nitrogen and oxygen atoms in total. The van der Waals surface area contributed by atoms with Crippen LogP contribution in [-0.4, -0.2) is 16.0 Å². The Bertz CT molecular complexity index is 678. The van der Waals surface area contributed by atoms with Crippen molar-refractivity contribution in [2.24, 2.45) is 5.92 Å². The van der Waals surface area contributed by atoms with Crippen molar-refractivity contribution < 1.29 is 18.1 Å². The van der Waals surface area contributed by atoms with Gasteiger partial charge in [-0.2, -0.15) is 13.8 Å². The lowest BCUT2D eigenvalue weighted by molar-refractivity contribution is -0.122. The number of benzene rings is 1. The summed E-state index contributed by atoms with van der Waals surface area (Å²) in [6.45, 7) is 0.423. The van der Waals surface area contributed by atoms with Crippen LogP contribution in [0, 0.1) is 5.92 Å². The van der Waals surface area contributed by atoms with Crippen LogP contribution in [0.25, 0.3) is 11.4 Å². The molecule has 1 N–H and O–H groups in total. The molecule has 0 atom stereocenters. The summed E-state index contributed by atoms with van der Waals surface area (Å²) < 4.78 is 30.1. The summed E-state index contributed by atoms with van der Waals surface area (Å²) in [4.78, 5) is 15.1. The van der Waals surface area contributed by atoms with E-state index in [2.05, 4.69) is 20.0 Å². The Kier molecular flexibility index (Phi) is 3.82. The molecule has 116 valence electrons. The molecule has 1 aliphatic rings. The van der Waals surface area contributed by atoms with Crippen LogP contribution in [0.15, 0.2) is 28.8 Å². The standard InChI is InChI=1S/C14H12ClF2N3O2/c15-14(16,17)13-19-11(20-22-13)9-3-1-8(2-4-9)7-18-12(21)10-5-6-10/h1-4,10H,5-7H2,(H,18,21). The summed E-state index contributed by atoms with van der Waals surface area (Å²) in [5.74, 6) is -0.681. The van der Waals surface area contributed by atoms with Gasteiger partial charge in [-0.25, -0.2) is 0 Å². The number of hydrogen-bond donors (Lipinski definition) is 1. The third-order valence-corrected chi connectivity index (χ3v) is 3.46. The number of rotatable bonds is 5. The van der Waals surface area contributed by atoms with Crippen molar-refractivity contribution in [2.45, 2.75) is 24.8 Å². The first-order valence-electron chi connectivity index (χ1n) is 6.71. The van der Waals surface area contributed by atoms with E-state index in [-0.39, 0.29) is 17.6 Å². The maximum Gasteiger partial charge on any atom is 0.400 e. The molecular weight excluding hydrogens is 316 g/mol. The fourth-order valence-electron chi connectivity index (χ4n) is 1.91. The van der Waals surface area contributed by atoms with Gasteiger partial charge in [0.1, 0.15) is 0 Å². The van der Waals surface area contributed by atoms with Gasteiger partial charge in [-0.05, 0) is 30.0 Å². The Hall–Kier alpha value is -2.02. The molecule has 1 aromatic heterocycles. The number of aromatic nitrogens is 2. The van der Waals surface area contributed by atoms with Gasteiger partial charge in [0.05, 0.1) is 0 Å². The largest absolute Gasteiger partial charge is 0.400 e. The highest BCUT2D eigenvalue weighted by atomic mass is 35.5. The lowest BCUT2D eigenvalue weighted by atomic mass is 10.1. The van der Waals surface area contributed by atoms with Crippen LogP contribution in [0.2, 0.25) is 0 Å². The molecule has 3 rings (SSSR count). The van der Waals surface area contributed by atoms with E-state index in [0.717, 1.165) is 18.4 Å². The number of hydrogen-bond acceptors (Lipinski definition) is 4. The van der Waals surface area contributed by atoms with Gasteiger partial charge in [-0.15, -0.1) is 0 Å². The van der Waals surface area contributed by atoms with Crippen LogP contribution in [0.3, 0.4) is 0 Å². The monoisotopic (exact) mass is 327 g/mol. The van der Waals surface area contributed by atoms with Gasteiger partial charge in [-0.1, -0.05) is 29.4 Å². The molecule has 0 aliphatic heterocycles. The average molecular weight is 328 g/mol. The number of nitrogens with one attached hydrogen (secondary N) is 1. The summed E-state index contributed by atoms with van der Waals surface area (Å²) in [7, 11) is 0. The number of amides is 1. The summed E-state index contributed by atoms with van der Waals surface area (Å²) in [5.41, 5.74) is 1.41. The number of alkyl halides is 3. The molecule has 0 spiro atoms. The van der Waals surface area contributed by atoms with Crippen molar-refractivity contribution >= 4 is 17.5 Å². The van der Waals surface area contributed by atoms with Gasteiger partial charge < -0.3 is 9.84 Å². The van der Waals surface area contributed by atoms with Gasteiger partial charge in [0.25, 0.3) is 0 Å². The van der Waals surface area contributed by atoms with Crippen molar-refractivity contribution in [2.75, 3.05) is 0 Å². The van der Waals surface area contributed by atoms with Crippen LogP contribution >= 0.6 is 11.6 Å². The number of halogens is 3. The SMILES string of the molecule is O=C(NCc1ccc(-c2noc(C(F)(F)Cl)n2)cc1)C1CC1. The van der Waals surface area contributed by atoms with Crippen LogP contribution < -0.4 is 5.32 Å². The number of carbonyl (C=O) groups excluding carboxylic acids is 1. The first kappa shape index (κ1) is 14.9. The lowest BCUT2D eigenvalue weighted by Gasteiger charge is -2.04. The van der Waals surface area contributed by atoms with E-state index in [9.17, 15) is 13.6 Å².